The first-order valence-electron chi connectivity index (χ1n) is 14.1. The minimum absolute atomic E-state index is 0.110. The minimum atomic E-state index is -3.99. The maximum Gasteiger partial charge on any atom is 0.264 e. The van der Waals surface area contributed by atoms with E-state index in [9.17, 15) is 13.0 Å². The molecule has 5 nitrogen and oxygen atoms in total. The monoisotopic (exact) mass is 603 g/mol. The number of hydrogen-bond acceptors (Lipinski definition) is 5. The van der Waals surface area contributed by atoms with E-state index in [1.807, 2.05) is 23.5 Å². The zero-order valence-corrected chi connectivity index (χ0v) is 26.1. The maximum atomic E-state index is 11.4. The van der Waals surface area contributed by atoms with Gasteiger partial charge in [-0.15, -0.1) is 0 Å². The van der Waals surface area contributed by atoms with Crippen LogP contribution in [0.1, 0.15) is 45.0 Å². The van der Waals surface area contributed by atoms with E-state index in [-0.39, 0.29) is 11.2 Å². The quantitative estimate of drug-likeness (QED) is 0.170. The Morgan fingerprint density at radius 3 is 2.61 bits per heavy atom. The molecule has 8 heteroatoms. The standard InChI is InChI=1S/C33H34N2O3S3/c1-4-34-30(40-29-15-14-25-10-5-6-11-26(25)32(29)34)19-23-18-24(22-33(2,3)21-23)20-31-35(16-9-17-41(36,37)38)27-12-7-8-13-28(27)39-31/h5-8,10-15,18-20H,4,9,16-17,21-22H2,1-3H3/p+1. The van der Waals surface area contributed by atoms with Crippen LogP contribution in [-0.4, -0.2) is 25.3 Å². The molecule has 212 valence electrons. The topological polar surface area (TPSA) is 61.5 Å². The van der Waals surface area contributed by atoms with Gasteiger partial charge >= 0.3 is 0 Å². The largest absolute Gasteiger partial charge is 0.335 e. The van der Waals surface area contributed by atoms with Crippen LogP contribution in [0.3, 0.4) is 0 Å². The fourth-order valence-electron chi connectivity index (χ4n) is 6.10. The fraction of sp³-hybridized carbons (Fsp3) is 0.303. The minimum Gasteiger partial charge on any atom is -0.335 e. The SMILES string of the molecule is CC[n+]1c(/C=C2C=C(/C=C3\Sc4ccccc4N3CCCS(=O)(=O)O)CC(C)(C)C/2)sc2ccc3ccccc3c21. The van der Waals surface area contributed by atoms with Crippen molar-refractivity contribution < 1.29 is 17.5 Å². The molecule has 2 heterocycles. The number of fused-ring (bicyclic) bond motifs is 4. The number of aryl methyl sites for hydroxylation is 1. The number of thiazole rings is 1. The van der Waals surface area contributed by atoms with Crippen molar-refractivity contribution in [3.63, 3.8) is 0 Å². The molecular formula is C33H35N2O3S3+. The van der Waals surface area contributed by atoms with Gasteiger partial charge in [0.2, 0.25) is 5.52 Å². The van der Waals surface area contributed by atoms with Gasteiger partial charge in [0.1, 0.15) is 11.2 Å². The predicted molar refractivity (Wildman–Crippen MR) is 173 cm³/mol. The number of benzene rings is 3. The summed E-state index contributed by atoms with van der Waals surface area (Å²) in [5.74, 6) is -0.242. The lowest BCUT2D eigenvalue weighted by molar-refractivity contribution is -0.664. The molecule has 4 aromatic rings. The summed E-state index contributed by atoms with van der Waals surface area (Å²) in [5, 5.41) is 4.93. The van der Waals surface area contributed by atoms with E-state index < -0.39 is 10.1 Å². The summed E-state index contributed by atoms with van der Waals surface area (Å²) in [6, 6.07) is 21.3. The van der Waals surface area contributed by atoms with Crippen LogP contribution in [0, 0.1) is 5.41 Å². The first-order chi connectivity index (χ1) is 19.6. The van der Waals surface area contributed by atoms with Crippen LogP contribution in [0.15, 0.2) is 93.9 Å². The summed E-state index contributed by atoms with van der Waals surface area (Å²) in [6.07, 6.45) is 9.33. The number of anilines is 1. The molecule has 0 atom stereocenters. The highest BCUT2D eigenvalue weighted by atomic mass is 32.2. The van der Waals surface area contributed by atoms with Crippen LogP contribution >= 0.6 is 23.1 Å². The third-order valence-electron chi connectivity index (χ3n) is 7.70. The Kier molecular flexibility index (Phi) is 7.61. The van der Waals surface area contributed by atoms with E-state index in [1.165, 1.54) is 42.0 Å². The lowest BCUT2D eigenvalue weighted by Gasteiger charge is -2.31. The van der Waals surface area contributed by atoms with Gasteiger partial charge in [0.25, 0.3) is 15.1 Å². The predicted octanol–water partition coefficient (Wildman–Crippen LogP) is 8.22. The first-order valence-corrected chi connectivity index (χ1v) is 17.3. The summed E-state index contributed by atoms with van der Waals surface area (Å²) in [4.78, 5) is 3.36. The molecule has 3 aromatic carbocycles. The third kappa shape index (κ3) is 6.02. The highest BCUT2D eigenvalue weighted by Crippen LogP contribution is 2.48. The molecule has 6 rings (SSSR count). The van der Waals surface area contributed by atoms with Crippen LogP contribution < -0.4 is 9.47 Å². The zero-order chi connectivity index (χ0) is 28.8. The van der Waals surface area contributed by atoms with Crippen molar-refractivity contribution in [1.29, 1.82) is 0 Å². The number of hydrogen-bond donors (Lipinski definition) is 1. The van der Waals surface area contributed by atoms with Crippen molar-refractivity contribution in [2.75, 3.05) is 17.2 Å². The van der Waals surface area contributed by atoms with Crippen LogP contribution in [0.5, 0.6) is 0 Å². The summed E-state index contributed by atoms with van der Waals surface area (Å²) < 4.78 is 35.8. The van der Waals surface area contributed by atoms with Gasteiger partial charge in [0.15, 0.2) is 0 Å². The molecule has 0 saturated carbocycles. The van der Waals surface area contributed by atoms with Crippen molar-refractivity contribution in [2.45, 2.75) is 51.5 Å². The molecule has 0 saturated heterocycles. The van der Waals surface area contributed by atoms with Gasteiger partial charge in [0.05, 0.1) is 21.9 Å². The lowest BCUT2D eigenvalue weighted by atomic mass is 9.75. The Hall–Kier alpha value is -2.91. The number of para-hydroxylation sites is 1. The number of aromatic nitrogens is 1. The lowest BCUT2D eigenvalue weighted by Crippen LogP contribution is -2.33. The van der Waals surface area contributed by atoms with Crippen LogP contribution in [0.25, 0.3) is 27.1 Å². The smallest absolute Gasteiger partial charge is 0.264 e. The highest BCUT2D eigenvalue weighted by molar-refractivity contribution is 8.03. The summed E-state index contributed by atoms with van der Waals surface area (Å²) in [5.41, 5.74) is 5.11. The van der Waals surface area contributed by atoms with Gasteiger partial charge in [-0.3, -0.25) is 4.55 Å². The highest BCUT2D eigenvalue weighted by Gasteiger charge is 2.30. The van der Waals surface area contributed by atoms with E-state index in [4.69, 9.17) is 0 Å². The van der Waals surface area contributed by atoms with Crippen molar-refractivity contribution >= 4 is 66.0 Å². The molecule has 1 aliphatic carbocycles. The summed E-state index contributed by atoms with van der Waals surface area (Å²) in [6.45, 7) is 8.32. The average Bonchev–Trinajstić information content (AvgIpc) is 3.44. The Morgan fingerprint density at radius 2 is 1.80 bits per heavy atom. The van der Waals surface area contributed by atoms with E-state index >= 15 is 0 Å². The maximum absolute atomic E-state index is 11.4. The average molecular weight is 604 g/mol. The normalized spacial score (nSPS) is 18.9. The molecule has 41 heavy (non-hydrogen) atoms. The van der Waals surface area contributed by atoms with Crippen LogP contribution in [-0.2, 0) is 16.7 Å². The first kappa shape index (κ1) is 28.2. The van der Waals surface area contributed by atoms with Crippen LogP contribution in [0.4, 0.5) is 5.69 Å². The second kappa shape index (κ2) is 11.1. The van der Waals surface area contributed by atoms with E-state index in [0.717, 1.165) is 30.1 Å². The Labute approximate surface area is 250 Å². The molecule has 0 bridgehead atoms. The molecule has 0 fully saturated rings. The molecule has 1 aliphatic heterocycles. The van der Waals surface area contributed by atoms with Crippen molar-refractivity contribution in [3.8, 4) is 0 Å². The van der Waals surface area contributed by atoms with Gasteiger partial charge < -0.3 is 4.90 Å². The number of thioether (sulfide) groups is 1. The second-order valence-electron chi connectivity index (χ2n) is 11.6. The third-order valence-corrected chi connectivity index (χ3v) is 10.7. The van der Waals surface area contributed by atoms with Crippen LogP contribution in [0.2, 0.25) is 0 Å². The number of nitrogens with zero attached hydrogens (tertiary/aromatic N) is 2. The van der Waals surface area contributed by atoms with E-state index in [1.54, 1.807) is 11.8 Å². The van der Waals surface area contributed by atoms with Gasteiger partial charge in [0, 0.05) is 17.5 Å². The molecule has 0 radical (unpaired) electrons. The van der Waals surface area contributed by atoms with Gasteiger partial charge in [-0.05, 0) is 78.5 Å². The van der Waals surface area contributed by atoms with E-state index in [0.29, 0.717) is 13.0 Å². The number of allylic oxidation sites excluding steroid dienone is 4. The van der Waals surface area contributed by atoms with Gasteiger partial charge in [-0.25, -0.2) is 0 Å². The Balaban J connectivity index is 1.38. The molecule has 0 unspecified atom stereocenters. The van der Waals surface area contributed by atoms with E-state index in [2.05, 4.69) is 97.0 Å². The van der Waals surface area contributed by atoms with Gasteiger partial charge in [-0.2, -0.15) is 13.0 Å². The summed E-state index contributed by atoms with van der Waals surface area (Å²) in [7, 11) is -3.99. The molecule has 1 aromatic heterocycles. The van der Waals surface area contributed by atoms with Gasteiger partial charge in [-0.1, -0.05) is 79.4 Å². The van der Waals surface area contributed by atoms with Crippen molar-refractivity contribution in [1.82, 2.24) is 0 Å². The summed E-state index contributed by atoms with van der Waals surface area (Å²) >= 11 is 3.58. The molecule has 1 N–H and O–H groups in total. The Morgan fingerprint density at radius 1 is 1.02 bits per heavy atom. The second-order valence-corrected chi connectivity index (χ2v) is 15.3. The molecule has 0 spiro atoms. The number of rotatable bonds is 7. The molecular weight excluding hydrogens is 569 g/mol. The Bertz CT molecular complexity index is 1850. The van der Waals surface area contributed by atoms with Crippen molar-refractivity contribution in [2.24, 2.45) is 5.41 Å². The fourth-order valence-corrected chi connectivity index (χ4v) is 8.98. The molecule has 2 aliphatic rings. The zero-order valence-electron chi connectivity index (χ0n) is 23.6. The molecule has 0 amide bonds. The van der Waals surface area contributed by atoms with Crippen molar-refractivity contribution in [3.05, 3.63) is 94.0 Å².